The van der Waals surface area contributed by atoms with E-state index < -0.39 is 0 Å². The molecule has 1 aromatic heterocycles. The maximum absolute atomic E-state index is 4.76. The summed E-state index contributed by atoms with van der Waals surface area (Å²) < 4.78 is 0. The highest BCUT2D eigenvalue weighted by molar-refractivity contribution is 7.11. The Morgan fingerprint density at radius 1 is 1.25 bits per heavy atom. The second-order valence-corrected chi connectivity index (χ2v) is 6.95. The van der Waals surface area contributed by atoms with Gasteiger partial charge < -0.3 is 5.32 Å². The van der Waals surface area contributed by atoms with Crippen LogP contribution in [0.2, 0.25) is 0 Å². The molecule has 1 unspecified atom stereocenters. The number of thiazole rings is 1. The van der Waals surface area contributed by atoms with E-state index in [9.17, 15) is 0 Å². The molecule has 20 heavy (non-hydrogen) atoms. The maximum Gasteiger partial charge on any atom is 0.110 e. The summed E-state index contributed by atoms with van der Waals surface area (Å²) in [7, 11) is 0. The highest BCUT2D eigenvalue weighted by Gasteiger charge is 2.26. The Bertz CT molecular complexity index is 538. The number of rotatable bonds is 6. The van der Waals surface area contributed by atoms with Crippen molar-refractivity contribution in [2.45, 2.75) is 51.6 Å². The van der Waals surface area contributed by atoms with Crippen molar-refractivity contribution in [3.63, 3.8) is 0 Å². The first kappa shape index (κ1) is 13.8. The Balaban J connectivity index is 1.69. The predicted octanol–water partition coefficient (Wildman–Crippen LogP) is 4.19. The number of aromatic nitrogens is 1. The Labute approximate surface area is 125 Å². The molecule has 0 radical (unpaired) electrons. The Kier molecular flexibility index (Phi) is 4.18. The van der Waals surface area contributed by atoms with Crippen molar-refractivity contribution in [2.75, 3.05) is 0 Å². The van der Waals surface area contributed by atoms with Gasteiger partial charge in [0, 0.05) is 10.9 Å². The largest absolute Gasteiger partial charge is 0.305 e. The third-order valence-electron chi connectivity index (χ3n) is 3.92. The van der Waals surface area contributed by atoms with E-state index in [2.05, 4.69) is 49.5 Å². The highest BCUT2D eigenvalue weighted by atomic mass is 32.1. The third kappa shape index (κ3) is 3.47. The number of aryl methyl sites for hydroxylation is 3. The van der Waals surface area contributed by atoms with E-state index in [1.807, 2.05) is 11.3 Å². The van der Waals surface area contributed by atoms with Crippen molar-refractivity contribution in [3.8, 4) is 0 Å². The first-order chi connectivity index (χ1) is 9.72. The summed E-state index contributed by atoms with van der Waals surface area (Å²) in [5, 5.41) is 5.03. The van der Waals surface area contributed by atoms with Crippen molar-refractivity contribution in [1.29, 1.82) is 0 Å². The molecule has 1 heterocycles. The van der Waals surface area contributed by atoms with Gasteiger partial charge in [-0.25, -0.2) is 4.98 Å². The molecule has 2 nitrogen and oxygen atoms in total. The quantitative estimate of drug-likeness (QED) is 0.861. The van der Waals surface area contributed by atoms with Crippen LogP contribution in [-0.4, -0.2) is 11.0 Å². The van der Waals surface area contributed by atoms with Crippen molar-refractivity contribution in [2.24, 2.45) is 0 Å². The summed E-state index contributed by atoms with van der Waals surface area (Å²) in [4.78, 5) is 6.11. The van der Waals surface area contributed by atoms with E-state index in [4.69, 9.17) is 4.98 Å². The van der Waals surface area contributed by atoms with Crippen LogP contribution in [0, 0.1) is 13.8 Å². The fraction of sp³-hybridized carbons (Fsp3) is 0.471. The Morgan fingerprint density at radius 3 is 2.60 bits per heavy atom. The SMILES string of the molecule is Cc1nc(C(CCc2ccccc2)NC2CC2)sc1C. The van der Waals surface area contributed by atoms with Crippen LogP contribution in [0.4, 0.5) is 0 Å². The van der Waals surface area contributed by atoms with Gasteiger partial charge in [0.1, 0.15) is 5.01 Å². The van der Waals surface area contributed by atoms with E-state index >= 15 is 0 Å². The van der Waals surface area contributed by atoms with Crippen molar-refractivity contribution in [3.05, 3.63) is 51.5 Å². The monoisotopic (exact) mass is 286 g/mol. The van der Waals surface area contributed by atoms with Crippen LogP contribution in [0.1, 0.15) is 46.4 Å². The molecule has 0 bridgehead atoms. The van der Waals surface area contributed by atoms with Gasteiger partial charge in [-0.05, 0) is 45.1 Å². The summed E-state index contributed by atoms with van der Waals surface area (Å²) in [6.45, 7) is 4.28. The Hall–Kier alpha value is -1.19. The van der Waals surface area contributed by atoms with Gasteiger partial charge in [0.05, 0.1) is 11.7 Å². The second-order valence-electron chi connectivity index (χ2n) is 5.71. The van der Waals surface area contributed by atoms with E-state index in [-0.39, 0.29) is 0 Å². The molecule has 1 aromatic carbocycles. The minimum absolute atomic E-state index is 0.417. The van der Waals surface area contributed by atoms with E-state index in [1.54, 1.807) is 0 Å². The molecule has 106 valence electrons. The molecule has 0 amide bonds. The van der Waals surface area contributed by atoms with Gasteiger partial charge in [0.15, 0.2) is 0 Å². The van der Waals surface area contributed by atoms with Gasteiger partial charge in [0.2, 0.25) is 0 Å². The first-order valence-corrected chi connectivity index (χ1v) is 8.28. The Morgan fingerprint density at radius 2 is 2.00 bits per heavy atom. The molecule has 1 aliphatic carbocycles. The molecule has 1 fully saturated rings. The van der Waals surface area contributed by atoms with Gasteiger partial charge in [-0.1, -0.05) is 30.3 Å². The minimum atomic E-state index is 0.417. The van der Waals surface area contributed by atoms with Gasteiger partial charge in [0.25, 0.3) is 0 Å². The standard InChI is InChI=1S/C17H22N2S/c1-12-13(2)20-17(18-12)16(19-15-9-10-15)11-8-14-6-4-3-5-7-14/h3-7,15-16,19H,8-11H2,1-2H3. The molecule has 3 rings (SSSR count). The topological polar surface area (TPSA) is 24.9 Å². The zero-order valence-electron chi connectivity index (χ0n) is 12.2. The zero-order chi connectivity index (χ0) is 13.9. The average molecular weight is 286 g/mol. The van der Waals surface area contributed by atoms with Crippen LogP contribution in [0.25, 0.3) is 0 Å². The molecule has 1 saturated carbocycles. The number of hydrogen-bond donors (Lipinski definition) is 1. The van der Waals surface area contributed by atoms with E-state index in [0.717, 1.165) is 18.9 Å². The highest BCUT2D eigenvalue weighted by Crippen LogP contribution is 2.30. The van der Waals surface area contributed by atoms with Crippen molar-refractivity contribution in [1.82, 2.24) is 10.3 Å². The lowest BCUT2D eigenvalue weighted by Gasteiger charge is -2.16. The lowest BCUT2D eigenvalue weighted by molar-refractivity contribution is 0.494. The number of nitrogens with one attached hydrogen (secondary N) is 1. The van der Waals surface area contributed by atoms with Crippen LogP contribution in [0.15, 0.2) is 30.3 Å². The summed E-state index contributed by atoms with van der Waals surface area (Å²) in [6.07, 6.45) is 4.90. The van der Waals surface area contributed by atoms with Crippen molar-refractivity contribution >= 4 is 11.3 Å². The van der Waals surface area contributed by atoms with Crippen LogP contribution in [0.3, 0.4) is 0 Å². The normalized spacial score (nSPS) is 16.3. The molecule has 1 atom stereocenters. The number of nitrogens with zero attached hydrogens (tertiary/aromatic N) is 1. The van der Waals surface area contributed by atoms with E-state index in [0.29, 0.717) is 6.04 Å². The third-order valence-corrected chi connectivity index (χ3v) is 5.11. The van der Waals surface area contributed by atoms with Crippen LogP contribution >= 0.6 is 11.3 Å². The van der Waals surface area contributed by atoms with Gasteiger partial charge in [-0.15, -0.1) is 11.3 Å². The molecule has 0 saturated heterocycles. The first-order valence-electron chi connectivity index (χ1n) is 7.46. The fourth-order valence-electron chi connectivity index (χ4n) is 2.41. The number of benzene rings is 1. The van der Waals surface area contributed by atoms with Crippen LogP contribution in [0.5, 0.6) is 0 Å². The summed E-state index contributed by atoms with van der Waals surface area (Å²) in [5.41, 5.74) is 2.60. The van der Waals surface area contributed by atoms with Gasteiger partial charge in [-0.3, -0.25) is 0 Å². The average Bonchev–Trinajstić information content (AvgIpc) is 3.21. The molecule has 0 aliphatic heterocycles. The van der Waals surface area contributed by atoms with Crippen LogP contribution < -0.4 is 5.32 Å². The molecule has 1 aliphatic rings. The maximum atomic E-state index is 4.76. The smallest absolute Gasteiger partial charge is 0.110 e. The summed E-state index contributed by atoms with van der Waals surface area (Å²) in [5.74, 6) is 0. The molecule has 0 spiro atoms. The zero-order valence-corrected chi connectivity index (χ0v) is 13.0. The minimum Gasteiger partial charge on any atom is -0.305 e. The predicted molar refractivity (Wildman–Crippen MR) is 85.2 cm³/mol. The fourth-order valence-corrected chi connectivity index (χ4v) is 3.43. The van der Waals surface area contributed by atoms with Gasteiger partial charge >= 0.3 is 0 Å². The lowest BCUT2D eigenvalue weighted by atomic mass is 10.1. The van der Waals surface area contributed by atoms with Crippen LogP contribution in [-0.2, 0) is 6.42 Å². The van der Waals surface area contributed by atoms with Crippen molar-refractivity contribution < 1.29 is 0 Å². The summed E-state index contributed by atoms with van der Waals surface area (Å²) in [6, 6.07) is 11.9. The number of hydrogen-bond acceptors (Lipinski definition) is 3. The van der Waals surface area contributed by atoms with Gasteiger partial charge in [-0.2, -0.15) is 0 Å². The molecular formula is C17H22N2S. The molecular weight excluding hydrogens is 264 g/mol. The molecule has 3 heteroatoms. The van der Waals surface area contributed by atoms with E-state index in [1.165, 1.54) is 34.0 Å². The lowest BCUT2D eigenvalue weighted by Crippen LogP contribution is -2.24. The summed E-state index contributed by atoms with van der Waals surface area (Å²) >= 11 is 1.85. The second kappa shape index (κ2) is 6.06. The molecule has 1 N–H and O–H groups in total. The molecule has 2 aromatic rings.